The largest absolute Gasteiger partial charge is 0.508 e. The molecule has 2 aromatic carbocycles. The number of hydrogen-bond acceptors (Lipinski definition) is 3. The summed E-state index contributed by atoms with van der Waals surface area (Å²) in [5.74, 6) is -0.0995. The molecule has 0 unspecified atom stereocenters. The molecular weight excluding hydrogens is 240 g/mol. The van der Waals surface area contributed by atoms with Gasteiger partial charge in [-0.05, 0) is 42.3 Å². The van der Waals surface area contributed by atoms with Gasteiger partial charge in [0.15, 0.2) is 0 Å². The molecule has 0 saturated carbocycles. The first kappa shape index (κ1) is 13.0. The van der Waals surface area contributed by atoms with Crippen LogP contribution in [0.25, 0.3) is 0 Å². The molecule has 0 aliphatic heterocycles. The van der Waals surface area contributed by atoms with Gasteiger partial charge >= 0.3 is 0 Å². The van der Waals surface area contributed by atoms with Gasteiger partial charge < -0.3 is 16.2 Å². The molecule has 98 valence electrons. The number of carbonyl (C=O) groups excluding carboxylic acids is 1. The summed E-state index contributed by atoms with van der Waals surface area (Å²) >= 11 is 0. The summed E-state index contributed by atoms with van der Waals surface area (Å²) in [5.41, 5.74) is 7.90. The average molecular weight is 256 g/mol. The van der Waals surface area contributed by atoms with Gasteiger partial charge in [0.25, 0.3) is 5.91 Å². The maximum absolute atomic E-state index is 11.8. The van der Waals surface area contributed by atoms with Crippen LogP contribution in [0.3, 0.4) is 0 Å². The van der Waals surface area contributed by atoms with Crippen molar-refractivity contribution in [3.8, 4) is 5.75 Å². The Bertz CT molecular complexity index is 565. The monoisotopic (exact) mass is 256 g/mol. The van der Waals surface area contributed by atoms with Crippen LogP contribution in [0.4, 0.5) is 5.69 Å². The highest BCUT2D eigenvalue weighted by Crippen LogP contribution is 2.10. The van der Waals surface area contributed by atoms with Crippen LogP contribution in [0.2, 0.25) is 0 Å². The van der Waals surface area contributed by atoms with E-state index in [0.29, 0.717) is 12.1 Å². The van der Waals surface area contributed by atoms with E-state index in [4.69, 9.17) is 5.73 Å². The van der Waals surface area contributed by atoms with E-state index in [2.05, 4.69) is 5.32 Å². The molecule has 0 aliphatic carbocycles. The van der Waals surface area contributed by atoms with Gasteiger partial charge in [0.05, 0.1) is 0 Å². The Morgan fingerprint density at radius 2 is 1.89 bits per heavy atom. The maximum atomic E-state index is 11.8. The van der Waals surface area contributed by atoms with Gasteiger partial charge in [0.1, 0.15) is 5.75 Å². The molecule has 19 heavy (non-hydrogen) atoms. The molecule has 0 radical (unpaired) electrons. The van der Waals surface area contributed by atoms with E-state index in [1.165, 1.54) is 12.1 Å². The smallest absolute Gasteiger partial charge is 0.251 e. The predicted molar refractivity (Wildman–Crippen MR) is 75.0 cm³/mol. The first-order valence-corrected chi connectivity index (χ1v) is 6.07. The Morgan fingerprint density at radius 3 is 2.58 bits per heavy atom. The van der Waals surface area contributed by atoms with E-state index in [1.54, 1.807) is 12.1 Å². The minimum absolute atomic E-state index is 0.0891. The molecule has 4 nitrogen and oxygen atoms in total. The quantitative estimate of drug-likeness (QED) is 0.732. The number of nitrogen functional groups attached to an aromatic ring is 1. The predicted octanol–water partition coefficient (Wildman–Crippen LogP) is 1.95. The number of phenols is 1. The topological polar surface area (TPSA) is 75.3 Å². The molecule has 4 heteroatoms. The van der Waals surface area contributed by atoms with Gasteiger partial charge in [-0.3, -0.25) is 4.79 Å². The fourth-order valence-electron chi connectivity index (χ4n) is 1.75. The van der Waals surface area contributed by atoms with Crippen molar-refractivity contribution in [3.63, 3.8) is 0 Å². The number of amides is 1. The lowest BCUT2D eigenvalue weighted by atomic mass is 10.1. The summed E-state index contributed by atoms with van der Waals surface area (Å²) in [6, 6.07) is 13.8. The number of carbonyl (C=O) groups is 1. The number of phenolic OH excluding ortho intramolecular Hbond substituents is 1. The van der Waals surface area contributed by atoms with Crippen molar-refractivity contribution < 1.29 is 9.90 Å². The standard InChI is InChI=1S/C15H16N2O2/c16-13-6-4-11(5-7-13)8-9-17-15(19)12-2-1-3-14(18)10-12/h1-7,10,18H,8-9,16H2,(H,17,19). The summed E-state index contributed by atoms with van der Waals surface area (Å²) in [6.07, 6.45) is 0.741. The van der Waals surface area contributed by atoms with Crippen LogP contribution in [-0.4, -0.2) is 17.6 Å². The van der Waals surface area contributed by atoms with Crippen molar-refractivity contribution in [1.82, 2.24) is 5.32 Å². The van der Waals surface area contributed by atoms with Crippen molar-refractivity contribution in [3.05, 3.63) is 59.7 Å². The van der Waals surface area contributed by atoms with Gasteiger partial charge in [0.2, 0.25) is 0 Å². The lowest BCUT2D eigenvalue weighted by Gasteiger charge is -2.06. The summed E-state index contributed by atoms with van der Waals surface area (Å²) in [6.45, 7) is 0.540. The Morgan fingerprint density at radius 1 is 1.16 bits per heavy atom. The molecule has 1 amide bonds. The van der Waals surface area contributed by atoms with E-state index >= 15 is 0 Å². The van der Waals surface area contributed by atoms with E-state index in [9.17, 15) is 9.90 Å². The van der Waals surface area contributed by atoms with Crippen LogP contribution in [0.5, 0.6) is 5.75 Å². The SMILES string of the molecule is Nc1ccc(CCNC(=O)c2cccc(O)c2)cc1. The molecule has 0 atom stereocenters. The van der Waals surface area contributed by atoms with Crippen LogP contribution in [0, 0.1) is 0 Å². The molecular formula is C15H16N2O2. The van der Waals surface area contributed by atoms with Crippen molar-refractivity contribution >= 4 is 11.6 Å². The van der Waals surface area contributed by atoms with Crippen molar-refractivity contribution in [2.75, 3.05) is 12.3 Å². The molecule has 2 aromatic rings. The Kier molecular flexibility index (Phi) is 4.03. The molecule has 4 N–H and O–H groups in total. The first-order chi connectivity index (χ1) is 9.15. The number of nitrogens with two attached hydrogens (primary N) is 1. The Hall–Kier alpha value is -2.49. The number of nitrogens with one attached hydrogen (secondary N) is 1. The van der Waals surface area contributed by atoms with Gasteiger partial charge in [-0.2, -0.15) is 0 Å². The number of rotatable bonds is 4. The fraction of sp³-hybridized carbons (Fsp3) is 0.133. The molecule has 0 heterocycles. The third-order valence-electron chi connectivity index (χ3n) is 2.79. The maximum Gasteiger partial charge on any atom is 0.251 e. The van der Waals surface area contributed by atoms with E-state index in [0.717, 1.165) is 17.7 Å². The minimum atomic E-state index is -0.189. The second-order valence-corrected chi connectivity index (χ2v) is 4.30. The van der Waals surface area contributed by atoms with Crippen LogP contribution in [-0.2, 0) is 6.42 Å². The molecule has 0 saturated heterocycles. The fourth-order valence-corrected chi connectivity index (χ4v) is 1.75. The zero-order chi connectivity index (χ0) is 13.7. The highest BCUT2D eigenvalue weighted by molar-refractivity contribution is 5.94. The highest BCUT2D eigenvalue weighted by Gasteiger charge is 2.05. The lowest BCUT2D eigenvalue weighted by molar-refractivity contribution is 0.0953. The second kappa shape index (κ2) is 5.91. The molecule has 2 rings (SSSR count). The Labute approximate surface area is 111 Å². The highest BCUT2D eigenvalue weighted by atomic mass is 16.3. The van der Waals surface area contributed by atoms with Crippen LogP contribution < -0.4 is 11.1 Å². The number of benzene rings is 2. The minimum Gasteiger partial charge on any atom is -0.508 e. The summed E-state index contributed by atoms with van der Waals surface area (Å²) in [5, 5.41) is 12.1. The zero-order valence-corrected chi connectivity index (χ0v) is 10.5. The zero-order valence-electron chi connectivity index (χ0n) is 10.5. The number of hydrogen-bond donors (Lipinski definition) is 3. The van der Waals surface area contributed by atoms with Crippen molar-refractivity contribution in [2.24, 2.45) is 0 Å². The van der Waals surface area contributed by atoms with Crippen LogP contribution >= 0.6 is 0 Å². The third-order valence-corrected chi connectivity index (χ3v) is 2.79. The third kappa shape index (κ3) is 3.74. The molecule has 0 aliphatic rings. The summed E-state index contributed by atoms with van der Waals surface area (Å²) in [7, 11) is 0. The van der Waals surface area contributed by atoms with E-state index in [1.807, 2.05) is 24.3 Å². The molecule has 0 bridgehead atoms. The first-order valence-electron chi connectivity index (χ1n) is 6.07. The molecule has 0 aromatic heterocycles. The molecule has 0 fully saturated rings. The summed E-state index contributed by atoms with van der Waals surface area (Å²) in [4.78, 5) is 11.8. The Balaban J connectivity index is 1.86. The normalized spacial score (nSPS) is 10.1. The van der Waals surface area contributed by atoms with Crippen LogP contribution in [0.15, 0.2) is 48.5 Å². The molecule has 0 spiro atoms. The van der Waals surface area contributed by atoms with Crippen molar-refractivity contribution in [1.29, 1.82) is 0 Å². The summed E-state index contributed by atoms with van der Waals surface area (Å²) < 4.78 is 0. The number of anilines is 1. The van der Waals surface area contributed by atoms with Crippen molar-refractivity contribution in [2.45, 2.75) is 6.42 Å². The van der Waals surface area contributed by atoms with Gasteiger partial charge in [0, 0.05) is 17.8 Å². The van der Waals surface area contributed by atoms with Crippen LogP contribution in [0.1, 0.15) is 15.9 Å². The van der Waals surface area contributed by atoms with Gasteiger partial charge in [-0.1, -0.05) is 18.2 Å². The number of aromatic hydroxyl groups is 1. The van der Waals surface area contributed by atoms with Gasteiger partial charge in [-0.25, -0.2) is 0 Å². The lowest BCUT2D eigenvalue weighted by Crippen LogP contribution is -2.25. The average Bonchev–Trinajstić information content (AvgIpc) is 2.41. The van der Waals surface area contributed by atoms with E-state index < -0.39 is 0 Å². The van der Waals surface area contributed by atoms with Gasteiger partial charge in [-0.15, -0.1) is 0 Å². The second-order valence-electron chi connectivity index (χ2n) is 4.30. The van der Waals surface area contributed by atoms with E-state index in [-0.39, 0.29) is 11.7 Å².